The number of hydrogen-bond donors (Lipinski definition) is 1. The molecule has 0 aliphatic heterocycles. The Morgan fingerprint density at radius 1 is 1.06 bits per heavy atom. The van der Waals surface area contributed by atoms with Crippen LogP contribution in [0.4, 0.5) is 0 Å². The predicted molar refractivity (Wildman–Crippen MR) is 76.9 cm³/mol. The van der Waals surface area contributed by atoms with Gasteiger partial charge < -0.3 is 15.4 Å². The summed E-state index contributed by atoms with van der Waals surface area (Å²) in [5.74, 6) is 0.940. The van der Waals surface area contributed by atoms with Gasteiger partial charge in [-0.05, 0) is 50.2 Å². The molecule has 1 rings (SSSR count). The average Bonchev–Trinajstić information content (AvgIpc) is 2.43. The quantitative estimate of drug-likeness (QED) is 0.685. The van der Waals surface area contributed by atoms with E-state index in [1.54, 1.807) is 0 Å². The molecule has 3 nitrogen and oxygen atoms in total. The minimum Gasteiger partial charge on any atom is -0.494 e. The van der Waals surface area contributed by atoms with E-state index in [4.69, 9.17) is 10.5 Å². The molecule has 0 bridgehead atoms. The molecule has 0 spiro atoms. The van der Waals surface area contributed by atoms with E-state index >= 15 is 0 Å². The van der Waals surface area contributed by atoms with Gasteiger partial charge in [0.2, 0.25) is 0 Å². The second kappa shape index (κ2) is 8.95. The number of rotatable bonds is 9. The van der Waals surface area contributed by atoms with Crippen LogP contribution in [0.3, 0.4) is 0 Å². The molecule has 0 radical (unpaired) electrons. The van der Waals surface area contributed by atoms with Crippen molar-refractivity contribution in [2.45, 2.75) is 33.2 Å². The number of ether oxygens (including phenoxy) is 1. The molecule has 0 amide bonds. The Hall–Kier alpha value is -1.06. The van der Waals surface area contributed by atoms with E-state index in [2.05, 4.69) is 18.7 Å². The SMILES string of the molecule is CCN(CC)CCCCOc1ccc(CN)cc1. The lowest BCUT2D eigenvalue weighted by molar-refractivity contribution is 0.266. The molecule has 3 heteroatoms. The summed E-state index contributed by atoms with van der Waals surface area (Å²) in [5.41, 5.74) is 6.69. The lowest BCUT2D eigenvalue weighted by Crippen LogP contribution is -2.24. The highest BCUT2D eigenvalue weighted by molar-refractivity contribution is 5.26. The van der Waals surface area contributed by atoms with Crippen molar-refractivity contribution in [2.24, 2.45) is 5.73 Å². The van der Waals surface area contributed by atoms with E-state index in [-0.39, 0.29) is 0 Å². The van der Waals surface area contributed by atoms with Crippen molar-refractivity contribution in [1.82, 2.24) is 4.90 Å². The van der Waals surface area contributed by atoms with Crippen molar-refractivity contribution >= 4 is 0 Å². The van der Waals surface area contributed by atoms with Gasteiger partial charge in [0.1, 0.15) is 5.75 Å². The summed E-state index contributed by atoms with van der Waals surface area (Å²) in [6.45, 7) is 9.24. The van der Waals surface area contributed by atoms with Gasteiger partial charge >= 0.3 is 0 Å². The number of nitrogens with zero attached hydrogens (tertiary/aromatic N) is 1. The summed E-state index contributed by atoms with van der Waals surface area (Å²) in [7, 11) is 0. The Balaban J connectivity index is 2.13. The van der Waals surface area contributed by atoms with Crippen LogP contribution in [0.25, 0.3) is 0 Å². The molecule has 2 N–H and O–H groups in total. The second-order valence-corrected chi connectivity index (χ2v) is 4.43. The third kappa shape index (κ3) is 5.52. The summed E-state index contributed by atoms with van der Waals surface area (Å²) in [6.07, 6.45) is 2.30. The molecular weight excluding hydrogens is 224 g/mol. The highest BCUT2D eigenvalue weighted by atomic mass is 16.5. The molecule has 0 aliphatic rings. The minimum absolute atomic E-state index is 0.587. The van der Waals surface area contributed by atoms with E-state index in [1.807, 2.05) is 24.3 Å². The van der Waals surface area contributed by atoms with Crippen molar-refractivity contribution in [3.05, 3.63) is 29.8 Å². The van der Waals surface area contributed by atoms with Gasteiger partial charge in [-0.25, -0.2) is 0 Å². The fraction of sp³-hybridized carbons (Fsp3) is 0.600. The first-order chi connectivity index (χ1) is 8.80. The lowest BCUT2D eigenvalue weighted by Gasteiger charge is -2.17. The smallest absolute Gasteiger partial charge is 0.119 e. The van der Waals surface area contributed by atoms with Gasteiger partial charge in [0.15, 0.2) is 0 Å². The molecule has 0 heterocycles. The van der Waals surface area contributed by atoms with Crippen molar-refractivity contribution in [3.63, 3.8) is 0 Å². The Kier molecular flexibility index (Phi) is 7.46. The zero-order valence-corrected chi connectivity index (χ0v) is 11.7. The first-order valence-electron chi connectivity index (χ1n) is 6.94. The number of benzene rings is 1. The molecule has 0 saturated heterocycles. The van der Waals surface area contributed by atoms with Gasteiger partial charge in [0.25, 0.3) is 0 Å². The zero-order chi connectivity index (χ0) is 13.2. The van der Waals surface area contributed by atoms with Gasteiger partial charge in [-0.3, -0.25) is 0 Å². The maximum absolute atomic E-state index is 5.70. The first-order valence-corrected chi connectivity index (χ1v) is 6.94. The van der Waals surface area contributed by atoms with Crippen molar-refractivity contribution in [1.29, 1.82) is 0 Å². The lowest BCUT2D eigenvalue weighted by atomic mass is 10.2. The summed E-state index contributed by atoms with van der Waals surface area (Å²) < 4.78 is 5.70. The molecular formula is C15H26N2O. The Morgan fingerprint density at radius 3 is 2.28 bits per heavy atom. The summed E-state index contributed by atoms with van der Waals surface area (Å²) in [4.78, 5) is 2.44. The second-order valence-electron chi connectivity index (χ2n) is 4.43. The van der Waals surface area contributed by atoms with Crippen molar-refractivity contribution < 1.29 is 4.74 Å². The molecule has 0 saturated carbocycles. The monoisotopic (exact) mass is 250 g/mol. The van der Waals surface area contributed by atoms with Crippen molar-refractivity contribution in [3.8, 4) is 5.75 Å². The van der Waals surface area contributed by atoms with Crippen LogP contribution in [0.2, 0.25) is 0 Å². The number of unbranched alkanes of at least 4 members (excludes halogenated alkanes) is 1. The average molecular weight is 250 g/mol. The van der Waals surface area contributed by atoms with Crippen LogP contribution < -0.4 is 10.5 Å². The molecule has 0 atom stereocenters. The van der Waals surface area contributed by atoms with Gasteiger partial charge in [-0.1, -0.05) is 26.0 Å². The van der Waals surface area contributed by atoms with Gasteiger partial charge in [-0.15, -0.1) is 0 Å². The standard InChI is InChI=1S/C15H26N2O/c1-3-17(4-2)11-5-6-12-18-15-9-7-14(13-16)8-10-15/h7-10H,3-6,11-13,16H2,1-2H3. The summed E-state index contributed by atoms with van der Waals surface area (Å²) >= 11 is 0. The topological polar surface area (TPSA) is 38.5 Å². The van der Waals surface area contributed by atoms with Crippen LogP contribution in [0, 0.1) is 0 Å². The molecule has 102 valence electrons. The largest absolute Gasteiger partial charge is 0.494 e. The maximum Gasteiger partial charge on any atom is 0.119 e. The molecule has 0 unspecified atom stereocenters. The number of hydrogen-bond acceptors (Lipinski definition) is 3. The Labute approximate surface area is 111 Å². The highest BCUT2D eigenvalue weighted by Gasteiger charge is 1.99. The molecule has 18 heavy (non-hydrogen) atoms. The Bertz CT molecular complexity index is 307. The van der Waals surface area contributed by atoms with E-state index in [0.29, 0.717) is 6.54 Å². The van der Waals surface area contributed by atoms with Crippen LogP contribution in [0.15, 0.2) is 24.3 Å². The molecule has 0 aromatic heterocycles. The fourth-order valence-electron chi connectivity index (χ4n) is 1.89. The molecule has 1 aromatic rings. The van der Waals surface area contributed by atoms with E-state index in [9.17, 15) is 0 Å². The van der Waals surface area contributed by atoms with E-state index < -0.39 is 0 Å². The molecule has 1 aromatic carbocycles. The fourth-order valence-corrected chi connectivity index (χ4v) is 1.89. The summed E-state index contributed by atoms with van der Waals surface area (Å²) in [5, 5.41) is 0. The number of nitrogens with two attached hydrogens (primary N) is 1. The van der Waals surface area contributed by atoms with Crippen molar-refractivity contribution in [2.75, 3.05) is 26.2 Å². The third-order valence-electron chi connectivity index (χ3n) is 3.19. The van der Waals surface area contributed by atoms with Crippen LogP contribution >= 0.6 is 0 Å². The zero-order valence-electron chi connectivity index (χ0n) is 11.7. The molecule has 0 aliphatic carbocycles. The Morgan fingerprint density at radius 2 is 1.72 bits per heavy atom. The van der Waals surface area contributed by atoms with E-state index in [1.165, 1.54) is 13.0 Å². The van der Waals surface area contributed by atoms with Crippen LogP contribution in [0.1, 0.15) is 32.3 Å². The maximum atomic E-state index is 5.70. The summed E-state index contributed by atoms with van der Waals surface area (Å²) in [6, 6.07) is 8.02. The van der Waals surface area contributed by atoms with Crippen LogP contribution in [-0.4, -0.2) is 31.1 Å². The van der Waals surface area contributed by atoms with Crippen LogP contribution in [0.5, 0.6) is 5.75 Å². The van der Waals surface area contributed by atoms with E-state index in [0.717, 1.165) is 37.4 Å². The minimum atomic E-state index is 0.587. The van der Waals surface area contributed by atoms with Gasteiger partial charge in [-0.2, -0.15) is 0 Å². The highest BCUT2D eigenvalue weighted by Crippen LogP contribution is 2.12. The molecule has 0 fully saturated rings. The third-order valence-corrected chi connectivity index (χ3v) is 3.19. The van der Waals surface area contributed by atoms with Gasteiger partial charge in [0.05, 0.1) is 6.61 Å². The van der Waals surface area contributed by atoms with Crippen LogP contribution in [-0.2, 0) is 6.54 Å². The normalized spacial score (nSPS) is 10.9. The van der Waals surface area contributed by atoms with Gasteiger partial charge in [0, 0.05) is 6.54 Å². The predicted octanol–water partition coefficient (Wildman–Crippen LogP) is 2.65. The first kappa shape index (κ1) is 15.0.